The number of hydrogen-bond acceptors (Lipinski definition) is 2. The lowest BCUT2D eigenvalue weighted by Crippen LogP contribution is -2.09. The molecule has 98 valence electrons. The number of alkyl halides is 1. The molecule has 0 amide bonds. The molecule has 0 aliphatic rings. The van der Waals surface area contributed by atoms with Gasteiger partial charge in [0, 0.05) is 5.56 Å². The van der Waals surface area contributed by atoms with Crippen LogP contribution in [-0.2, 0) is 10.7 Å². The molecular formula is C10H4Cl5FO2. The van der Waals surface area contributed by atoms with Crippen LogP contribution in [0, 0.1) is 0 Å². The van der Waals surface area contributed by atoms with Crippen molar-refractivity contribution in [2.24, 2.45) is 0 Å². The number of carbonyl (C=O) groups is 1. The summed E-state index contributed by atoms with van der Waals surface area (Å²) in [7, 11) is 0. The van der Waals surface area contributed by atoms with Gasteiger partial charge >= 0.3 is 5.97 Å². The zero-order valence-corrected chi connectivity index (χ0v) is 12.3. The molecule has 0 bridgehead atoms. The largest absolute Gasteiger partial charge is 0.418 e. The van der Waals surface area contributed by atoms with Gasteiger partial charge in [0.15, 0.2) is 5.75 Å². The smallest absolute Gasteiger partial charge is 0.372 e. The van der Waals surface area contributed by atoms with Gasteiger partial charge in [0.05, 0.1) is 15.9 Å². The van der Waals surface area contributed by atoms with Gasteiger partial charge < -0.3 is 4.74 Å². The molecule has 0 aromatic heterocycles. The summed E-state index contributed by atoms with van der Waals surface area (Å²) in [6, 6.07) is 0. The van der Waals surface area contributed by atoms with Crippen LogP contribution in [-0.4, -0.2) is 5.97 Å². The van der Waals surface area contributed by atoms with E-state index in [-0.39, 0.29) is 37.3 Å². The molecule has 0 heterocycles. The van der Waals surface area contributed by atoms with Crippen LogP contribution in [0.3, 0.4) is 0 Å². The lowest BCUT2D eigenvalue weighted by atomic mass is 10.2. The van der Waals surface area contributed by atoms with Gasteiger partial charge in [-0.25, -0.2) is 4.79 Å². The van der Waals surface area contributed by atoms with Crippen molar-refractivity contribution in [1.29, 1.82) is 0 Å². The third kappa shape index (κ3) is 3.03. The van der Waals surface area contributed by atoms with Crippen LogP contribution >= 0.6 is 58.0 Å². The van der Waals surface area contributed by atoms with Gasteiger partial charge in [-0.05, 0) is 0 Å². The summed E-state index contributed by atoms with van der Waals surface area (Å²) in [5.74, 6) is -3.03. The summed E-state index contributed by atoms with van der Waals surface area (Å²) in [4.78, 5) is 11.1. The number of ether oxygens (including phenoxy) is 1. The summed E-state index contributed by atoms with van der Waals surface area (Å²) in [5, 5.41) is -0.408. The average Bonchev–Trinajstić information content (AvgIpc) is 2.32. The highest BCUT2D eigenvalue weighted by Gasteiger charge is 2.23. The maximum atomic E-state index is 12.5. The Bertz CT molecular complexity index is 500. The van der Waals surface area contributed by atoms with E-state index in [4.69, 9.17) is 58.0 Å². The fourth-order valence-electron chi connectivity index (χ4n) is 1.01. The van der Waals surface area contributed by atoms with Crippen molar-refractivity contribution in [3.05, 3.63) is 38.1 Å². The Kier molecular flexibility index (Phi) is 5.56. The molecule has 18 heavy (non-hydrogen) atoms. The lowest BCUT2D eigenvalue weighted by molar-refractivity contribution is -0.131. The summed E-state index contributed by atoms with van der Waals surface area (Å²) in [6.45, 7) is 2.77. The van der Waals surface area contributed by atoms with E-state index in [0.29, 0.717) is 0 Å². The van der Waals surface area contributed by atoms with Crippen LogP contribution in [0.25, 0.3) is 0 Å². The third-order valence-electron chi connectivity index (χ3n) is 1.86. The molecule has 0 radical (unpaired) electrons. The highest BCUT2D eigenvalue weighted by Crippen LogP contribution is 2.46. The van der Waals surface area contributed by atoms with Crippen molar-refractivity contribution >= 4 is 64.0 Å². The minimum absolute atomic E-state index is 0.0201. The van der Waals surface area contributed by atoms with Crippen LogP contribution in [0.15, 0.2) is 12.4 Å². The SMILES string of the molecule is C=C(F)C(=O)Oc1c(Cl)c(Cl)c(CCl)c(Cl)c1Cl. The molecule has 1 aromatic rings. The Balaban J connectivity index is 3.38. The first-order valence-corrected chi connectivity index (χ1v) is 6.33. The van der Waals surface area contributed by atoms with Gasteiger partial charge in [0.25, 0.3) is 0 Å². The Hall–Kier alpha value is -0.190. The quantitative estimate of drug-likeness (QED) is 0.238. The zero-order valence-electron chi connectivity index (χ0n) is 8.50. The van der Waals surface area contributed by atoms with Gasteiger partial charge in [-0.1, -0.05) is 53.0 Å². The molecule has 0 spiro atoms. The van der Waals surface area contributed by atoms with Gasteiger partial charge in [-0.2, -0.15) is 4.39 Å². The van der Waals surface area contributed by atoms with E-state index < -0.39 is 11.8 Å². The van der Waals surface area contributed by atoms with Gasteiger partial charge in [0.2, 0.25) is 5.83 Å². The molecule has 2 nitrogen and oxygen atoms in total. The molecule has 0 fully saturated rings. The predicted octanol–water partition coefficient (Wildman–Crippen LogP) is 5.43. The van der Waals surface area contributed by atoms with Crippen LogP contribution in [0.1, 0.15) is 5.56 Å². The second-order valence-corrected chi connectivity index (χ2v) is 4.77. The van der Waals surface area contributed by atoms with E-state index in [0.717, 1.165) is 0 Å². The third-order valence-corrected chi connectivity index (χ3v) is 3.88. The van der Waals surface area contributed by atoms with Crippen LogP contribution in [0.2, 0.25) is 20.1 Å². The Morgan fingerprint density at radius 2 is 1.56 bits per heavy atom. The van der Waals surface area contributed by atoms with Crippen LogP contribution < -0.4 is 4.74 Å². The van der Waals surface area contributed by atoms with E-state index >= 15 is 0 Å². The van der Waals surface area contributed by atoms with Crippen molar-refractivity contribution in [2.75, 3.05) is 0 Å². The summed E-state index contributed by atoms with van der Waals surface area (Å²) in [5.41, 5.74) is 0.286. The van der Waals surface area contributed by atoms with Crippen molar-refractivity contribution in [1.82, 2.24) is 0 Å². The number of hydrogen-bond donors (Lipinski definition) is 0. The molecule has 0 N–H and O–H groups in total. The van der Waals surface area contributed by atoms with Crippen molar-refractivity contribution < 1.29 is 13.9 Å². The average molecular weight is 352 g/mol. The first kappa shape index (κ1) is 15.9. The van der Waals surface area contributed by atoms with Crippen LogP contribution in [0.4, 0.5) is 4.39 Å². The monoisotopic (exact) mass is 350 g/mol. The van der Waals surface area contributed by atoms with E-state index in [9.17, 15) is 9.18 Å². The number of halogens is 6. The fourth-order valence-corrected chi connectivity index (χ4v) is 2.50. The topological polar surface area (TPSA) is 26.3 Å². The maximum Gasteiger partial charge on any atom is 0.372 e. The summed E-state index contributed by atoms with van der Waals surface area (Å²) < 4.78 is 17.2. The number of esters is 1. The van der Waals surface area contributed by atoms with Crippen molar-refractivity contribution in [2.45, 2.75) is 5.88 Å². The normalized spacial score (nSPS) is 10.3. The van der Waals surface area contributed by atoms with Crippen molar-refractivity contribution in [3.8, 4) is 5.75 Å². The predicted molar refractivity (Wildman–Crippen MR) is 71.9 cm³/mol. The highest BCUT2D eigenvalue weighted by molar-refractivity contribution is 6.50. The molecule has 8 heteroatoms. The summed E-state index contributed by atoms with van der Waals surface area (Å²) >= 11 is 29.0. The maximum absolute atomic E-state index is 12.5. The fraction of sp³-hybridized carbons (Fsp3) is 0.100. The lowest BCUT2D eigenvalue weighted by Gasteiger charge is -2.13. The van der Waals surface area contributed by atoms with E-state index in [1.165, 1.54) is 0 Å². The van der Waals surface area contributed by atoms with Crippen molar-refractivity contribution in [3.63, 3.8) is 0 Å². The first-order chi connectivity index (χ1) is 8.31. The molecule has 0 saturated heterocycles. The second-order valence-electron chi connectivity index (χ2n) is 2.99. The Morgan fingerprint density at radius 3 is 1.89 bits per heavy atom. The van der Waals surface area contributed by atoms with Gasteiger partial charge in [-0.3, -0.25) is 0 Å². The molecule has 0 aliphatic carbocycles. The van der Waals surface area contributed by atoms with Gasteiger partial charge in [0.1, 0.15) is 10.0 Å². The number of rotatable bonds is 3. The van der Waals surface area contributed by atoms with E-state index in [2.05, 4.69) is 11.3 Å². The number of carbonyl (C=O) groups excluding carboxylic acids is 1. The molecule has 0 aliphatic heterocycles. The van der Waals surface area contributed by atoms with E-state index in [1.54, 1.807) is 0 Å². The standard InChI is InChI=1S/C10H4Cl5FO2/c1-3(16)10(17)18-9-7(14)5(12)4(2-11)6(13)8(9)15/h1-2H2. The molecule has 1 rings (SSSR count). The summed E-state index contributed by atoms with van der Waals surface area (Å²) in [6.07, 6.45) is 0. The zero-order chi connectivity index (χ0) is 14.0. The highest BCUT2D eigenvalue weighted by atomic mass is 35.5. The minimum atomic E-state index is -1.34. The Morgan fingerprint density at radius 1 is 1.11 bits per heavy atom. The second kappa shape index (κ2) is 6.31. The first-order valence-electron chi connectivity index (χ1n) is 4.28. The Labute approximate surface area is 127 Å². The van der Waals surface area contributed by atoms with E-state index in [1.807, 2.05) is 0 Å². The minimum Gasteiger partial charge on any atom is -0.418 e. The molecule has 0 atom stereocenters. The van der Waals surface area contributed by atoms with Crippen LogP contribution in [0.5, 0.6) is 5.75 Å². The van der Waals surface area contributed by atoms with Gasteiger partial charge in [-0.15, -0.1) is 11.6 Å². The molecule has 0 saturated carbocycles. The molecular weight excluding hydrogens is 348 g/mol. The molecule has 1 aromatic carbocycles. The number of benzene rings is 1. The molecule has 0 unspecified atom stereocenters.